The Kier molecular flexibility index (Phi) is 2.09. The van der Waals surface area contributed by atoms with Gasteiger partial charge in [-0.15, -0.1) is 11.8 Å². The highest BCUT2D eigenvalue weighted by atomic mass is 32.2. The molecule has 0 fully saturated rings. The molecule has 12 heavy (non-hydrogen) atoms. The fourth-order valence-electron chi connectivity index (χ4n) is 1.21. The topological polar surface area (TPSA) is 3.24 Å². The molecule has 0 spiro atoms. The third kappa shape index (κ3) is 1.48. The number of benzene rings is 1. The maximum atomic E-state index is 2.20. The number of hydrogen-bond donors (Lipinski definition) is 0. The van der Waals surface area contributed by atoms with E-state index in [0.717, 1.165) is 5.88 Å². The zero-order chi connectivity index (χ0) is 8.39. The standard InChI is InChI=1S/C10H11NS/c1-11-7-10(12-8-11)9-5-3-2-4-6-9/h2-7H,8H2,1H3. The summed E-state index contributed by atoms with van der Waals surface area (Å²) in [5, 5.41) is 0. The second kappa shape index (κ2) is 3.23. The molecule has 1 aromatic rings. The number of thioether (sulfide) groups is 1. The molecule has 0 aromatic heterocycles. The quantitative estimate of drug-likeness (QED) is 0.648. The van der Waals surface area contributed by atoms with E-state index < -0.39 is 0 Å². The van der Waals surface area contributed by atoms with Gasteiger partial charge < -0.3 is 4.90 Å². The predicted molar refractivity (Wildman–Crippen MR) is 54.6 cm³/mol. The Labute approximate surface area is 77.1 Å². The van der Waals surface area contributed by atoms with E-state index in [1.54, 1.807) is 0 Å². The van der Waals surface area contributed by atoms with Crippen LogP contribution in [-0.2, 0) is 0 Å². The molecular weight excluding hydrogens is 166 g/mol. The van der Waals surface area contributed by atoms with Crippen LogP contribution in [0.4, 0.5) is 0 Å². The monoisotopic (exact) mass is 177 g/mol. The van der Waals surface area contributed by atoms with Crippen molar-refractivity contribution in [1.29, 1.82) is 0 Å². The lowest BCUT2D eigenvalue weighted by Gasteiger charge is -2.01. The largest absolute Gasteiger partial charge is 0.370 e. The lowest BCUT2D eigenvalue weighted by Crippen LogP contribution is -2.02. The molecule has 1 aromatic carbocycles. The van der Waals surface area contributed by atoms with Gasteiger partial charge in [-0.3, -0.25) is 0 Å². The highest BCUT2D eigenvalue weighted by molar-refractivity contribution is 8.08. The van der Waals surface area contributed by atoms with E-state index in [9.17, 15) is 0 Å². The third-order valence-electron chi connectivity index (χ3n) is 1.82. The summed E-state index contributed by atoms with van der Waals surface area (Å²) in [5.74, 6) is 1.07. The third-order valence-corrected chi connectivity index (χ3v) is 3.01. The van der Waals surface area contributed by atoms with Crippen molar-refractivity contribution in [1.82, 2.24) is 4.90 Å². The Morgan fingerprint density at radius 3 is 2.58 bits per heavy atom. The Morgan fingerprint density at radius 2 is 2.00 bits per heavy atom. The summed E-state index contributed by atoms with van der Waals surface area (Å²) in [5.41, 5.74) is 1.33. The zero-order valence-corrected chi connectivity index (χ0v) is 7.84. The molecule has 62 valence electrons. The molecule has 1 nitrogen and oxygen atoms in total. The summed E-state index contributed by atoms with van der Waals surface area (Å²) >= 11 is 1.89. The van der Waals surface area contributed by atoms with E-state index in [0.29, 0.717) is 0 Å². The predicted octanol–water partition coefficient (Wildman–Crippen LogP) is 2.62. The first-order valence-electron chi connectivity index (χ1n) is 3.96. The van der Waals surface area contributed by atoms with Gasteiger partial charge in [0.1, 0.15) is 0 Å². The van der Waals surface area contributed by atoms with E-state index in [-0.39, 0.29) is 0 Å². The molecule has 0 aliphatic carbocycles. The molecule has 1 heterocycles. The van der Waals surface area contributed by atoms with Gasteiger partial charge in [0, 0.05) is 18.2 Å². The van der Waals surface area contributed by atoms with Crippen molar-refractivity contribution in [2.45, 2.75) is 0 Å². The van der Waals surface area contributed by atoms with Gasteiger partial charge in [-0.05, 0) is 5.56 Å². The van der Waals surface area contributed by atoms with Crippen LogP contribution < -0.4 is 0 Å². The lowest BCUT2D eigenvalue weighted by atomic mass is 10.2. The first-order valence-corrected chi connectivity index (χ1v) is 4.95. The number of nitrogens with zero attached hydrogens (tertiary/aromatic N) is 1. The second-order valence-electron chi connectivity index (χ2n) is 2.89. The van der Waals surface area contributed by atoms with Crippen LogP contribution >= 0.6 is 11.8 Å². The molecule has 0 atom stereocenters. The van der Waals surface area contributed by atoms with Crippen LogP contribution in [0.15, 0.2) is 36.5 Å². The van der Waals surface area contributed by atoms with E-state index in [4.69, 9.17) is 0 Å². The average molecular weight is 177 g/mol. The number of hydrogen-bond acceptors (Lipinski definition) is 2. The Bertz CT molecular complexity index is 292. The minimum Gasteiger partial charge on any atom is -0.370 e. The van der Waals surface area contributed by atoms with Crippen LogP contribution in [0.3, 0.4) is 0 Å². The van der Waals surface area contributed by atoms with Crippen molar-refractivity contribution < 1.29 is 0 Å². The minimum absolute atomic E-state index is 1.07. The van der Waals surface area contributed by atoms with Gasteiger partial charge in [0.25, 0.3) is 0 Å². The van der Waals surface area contributed by atoms with Crippen LogP contribution in [0.25, 0.3) is 4.91 Å². The highest BCUT2D eigenvalue weighted by Gasteiger charge is 2.09. The van der Waals surface area contributed by atoms with Gasteiger partial charge >= 0.3 is 0 Å². The van der Waals surface area contributed by atoms with Crippen molar-refractivity contribution >= 4 is 16.7 Å². The summed E-state index contributed by atoms with van der Waals surface area (Å²) in [4.78, 5) is 3.57. The highest BCUT2D eigenvalue weighted by Crippen LogP contribution is 2.32. The molecule has 0 saturated carbocycles. The van der Waals surface area contributed by atoms with E-state index in [1.165, 1.54) is 10.5 Å². The molecule has 0 N–H and O–H groups in total. The summed E-state index contributed by atoms with van der Waals surface area (Å²) in [7, 11) is 2.10. The van der Waals surface area contributed by atoms with Gasteiger partial charge in [0.2, 0.25) is 0 Å². The fraction of sp³-hybridized carbons (Fsp3) is 0.200. The Balaban J connectivity index is 2.27. The summed E-state index contributed by atoms with van der Waals surface area (Å²) in [6.45, 7) is 0. The molecule has 0 saturated heterocycles. The molecule has 0 unspecified atom stereocenters. The van der Waals surface area contributed by atoms with Gasteiger partial charge in [-0.2, -0.15) is 0 Å². The minimum atomic E-state index is 1.07. The normalized spacial score (nSPS) is 16.4. The molecule has 0 radical (unpaired) electrons. The second-order valence-corrected chi connectivity index (χ2v) is 3.88. The van der Waals surface area contributed by atoms with Crippen molar-refractivity contribution in [3.05, 3.63) is 42.1 Å². The van der Waals surface area contributed by atoms with Gasteiger partial charge in [-0.1, -0.05) is 30.3 Å². The van der Waals surface area contributed by atoms with Crippen molar-refractivity contribution in [3.8, 4) is 0 Å². The van der Waals surface area contributed by atoms with Gasteiger partial charge in [0.15, 0.2) is 0 Å². The summed E-state index contributed by atoms with van der Waals surface area (Å²) in [6.07, 6.45) is 2.19. The number of rotatable bonds is 1. The first kappa shape index (κ1) is 7.74. The van der Waals surface area contributed by atoms with Crippen LogP contribution in [0.1, 0.15) is 5.56 Å². The molecule has 0 amide bonds. The van der Waals surface area contributed by atoms with Crippen molar-refractivity contribution in [2.24, 2.45) is 0 Å². The van der Waals surface area contributed by atoms with Crippen LogP contribution in [0, 0.1) is 0 Å². The summed E-state index contributed by atoms with van der Waals surface area (Å²) < 4.78 is 0. The maximum Gasteiger partial charge on any atom is 0.0678 e. The summed E-state index contributed by atoms with van der Waals surface area (Å²) in [6, 6.07) is 10.5. The zero-order valence-electron chi connectivity index (χ0n) is 7.03. The van der Waals surface area contributed by atoms with Crippen LogP contribution in [-0.4, -0.2) is 17.8 Å². The molecular formula is C10H11NS. The van der Waals surface area contributed by atoms with E-state index >= 15 is 0 Å². The Hall–Kier alpha value is -0.890. The van der Waals surface area contributed by atoms with Crippen molar-refractivity contribution in [2.75, 3.05) is 12.9 Å². The smallest absolute Gasteiger partial charge is 0.0678 e. The average Bonchev–Trinajstić information content (AvgIpc) is 2.54. The Morgan fingerprint density at radius 1 is 1.25 bits per heavy atom. The maximum absolute atomic E-state index is 2.20. The lowest BCUT2D eigenvalue weighted by molar-refractivity contribution is 0.553. The SMILES string of the molecule is CN1C=C(c2ccccc2)SC1. The molecule has 1 aliphatic heterocycles. The van der Waals surface area contributed by atoms with Gasteiger partial charge in [0.05, 0.1) is 5.88 Å². The van der Waals surface area contributed by atoms with Crippen LogP contribution in [0.2, 0.25) is 0 Å². The van der Waals surface area contributed by atoms with E-state index in [1.807, 2.05) is 17.8 Å². The van der Waals surface area contributed by atoms with E-state index in [2.05, 4.69) is 42.4 Å². The molecule has 2 rings (SSSR count). The van der Waals surface area contributed by atoms with Crippen LogP contribution in [0.5, 0.6) is 0 Å². The molecule has 2 heteroatoms. The molecule has 0 bridgehead atoms. The van der Waals surface area contributed by atoms with Crippen molar-refractivity contribution in [3.63, 3.8) is 0 Å². The first-order chi connectivity index (χ1) is 5.86. The fourth-order valence-corrected chi connectivity index (χ4v) is 2.18. The van der Waals surface area contributed by atoms with Gasteiger partial charge in [-0.25, -0.2) is 0 Å². The molecule has 1 aliphatic rings.